The molecule has 8 nitrogen and oxygen atoms in total. The molecule has 3 unspecified atom stereocenters. The Hall–Kier alpha value is -2.09. The molecule has 0 spiro atoms. The van der Waals surface area contributed by atoms with Gasteiger partial charge in [0.25, 0.3) is 0 Å². The number of nitrogens with one attached hydrogen (secondary N) is 2. The first-order chi connectivity index (χ1) is 9.97. The molecule has 0 aliphatic carbocycles. The summed E-state index contributed by atoms with van der Waals surface area (Å²) in [5.74, 6) is -0.867. The molecule has 0 bridgehead atoms. The van der Waals surface area contributed by atoms with Crippen molar-refractivity contribution in [3.8, 4) is 0 Å². The largest absolute Gasteiger partial charge is 0.479 e. The van der Waals surface area contributed by atoms with E-state index in [1.165, 1.54) is 10.9 Å². The van der Waals surface area contributed by atoms with E-state index >= 15 is 0 Å². The van der Waals surface area contributed by atoms with E-state index in [4.69, 9.17) is 4.74 Å². The molecule has 1 saturated heterocycles. The molecule has 1 fully saturated rings. The molecule has 3 N–H and O–H groups in total. The van der Waals surface area contributed by atoms with Crippen molar-refractivity contribution in [2.75, 3.05) is 13.2 Å². The van der Waals surface area contributed by atoms with Crippen LogP contribution in [-0.2, 0) is 16.6 Å². The molecule has 8 heteroatoms. The molecule has 2 heterocycles. The lowest BCUT2D eigenvalue weighted by Gasteiger charge is -2.17. The van der Waals surface area contributed by atoms with Crippen molar-refractivity contribution in [3.05, 3.63) is 18.0 Å². The molecule has 2 amide bonds. The van der Waals surface area contributed by atoms with Crippen LogP contribution in [0.25, 0.3) is 0 Å². The maximum atomic E-state index is 11.8. The van der Waals surface area contributed by atoms with Gasteiger partial charge in [-0.25, -0.2) is 9.59 Å². The second-order valence-corrected chi connectivity index (χ2v) is 5.20. The number of aromatic nitrogens is 2. The van der Waals surface area contributed by atoms with Gasteiger partial charge in [0.15, 0.2) is 6.04 Å². The quantitative estimate of drug-likeness (QED) is 0.723. The maximum Gasteiger partial charge on any atom is 0.331 e. The molecule has 1 aromatic rings. The lowest BCUT2D eigenvalue weighted by Crippen LogP contribution is -2.43. The van der Waals surface area contributed by atoms with Gasteiger partial charge in [-0.05, 0) is 13.3 Å². The molecule has 21 heavy (non-hydrogen) atoms. The van der Waals surface area contributed by atoms with E-state index in [1.54, 1.807) is 13.2 Å². The van der Waals surface area contributed by atoms with Crippen molar-refractivity contribution >= 4 is 12.0 Å². The molecule has 0 saturated carbocycles. The third-order valence-corrected chi connectivity index (χ3v) is 3.64. The zero-order valence-corrected chi connectivity index (χ0v) is 12.1. The molecule has 116 valence electrons. The summed E-state index contributed by atoms with van der Waals surface area (Å²) in [5, 5.41) is 18.3. The number of aliphatic carboxylic acids is 1. The number of aryl methyl sites for hydroxylation is 1. The van der Waals surface area contributed by atoms with Crippen LogP contribution >= 0.6 is 0 Å². The van der Waals surface area contributed by atoms with Crippen LogP contribution in [0.4, 0.5) is 4.79 Å². The SMILES string of the molecule is CC1OCCC1CNC(=O)NC(C(=O)O)c1cnn(C)c1. The second-order valence-electron chi connectivity index (χ2n) is 5.20. The van der Waals surface area contributed by atoms with E-state index < -0.39 is 18.0 Å². The number of carboxylic acids is 1. The zero-order chi connectivity index (χ0) is 15.4. The third kappa shape index (κ3) is 3.94. The van der Waals surface area contributed by atoms with Crippen molar-refractivity contribution in [3.63, 3.8) is 0 Å². The highest BCUT2D eigenvalue weighted by atomic mass is 16.5. The first kappa shape index (κ1) is 15.3. The number of carbonyl (C=O) groups excluding carboxylic acids is 1. The molecule has 3 atom stereocenters. The predicted molar refractivity (Wildman–Crippen MR) is 73.6 cm³/mol. The number of ether oxygens (including phenoxy) is 1. The number of carboxylic acid groups (broad SMARTS) is 1. The molecule has 1 aromatic heterocycles. The van der Waals surface area contributed by atoms with Gasteiger partial charge in [-0.3, -0.25) is 4.68 Å². The molecule has 0 radical (unpaired) electrons. The minimum absolute atomic E-state index is 0.110. The van der Waals surface area contributed by atoms with E-state index in [-0.39, 0.29) is 12.0 Å². The van der Waals surface area contributed by atoms with Crippen molar-refractivity contribution in [1.82, 2.24) is 20.4 Å². The summed E-state index contributed by atoms with van der Waals surface area (Å²) in [6.07, 6.45) is 3.99. The highest BCUT2D eigenvalue weighted by Gasteiger charge is 2.26. The number of nitrogens with zero attached hydrogens (tertiary/aromatic N) is 2. The Morgan fingerprint density at radius 2 is 2.38 bits per heavy atom. The summed E-state index contributed by atoms with van der Waals surface area (Å²) in [6.45, 7) is 3.13. The van der Waals surface area contributed by atoms with Gasteiger partial charge in [0.05, 0.1) is 12.3 Å². The Bertz CT molecular complexity index is 516. The molecule has 2 rings (SSSR count). The molecule has 0 aromatic carbocycles. The Morgan fingerprint density at radius 3 is 2.90 bits per heavy atom. The number of hydrogen-bond donors (Lipinski definition) is 3. The van der Waals surface area contributed by atoms with Crippen LogP contribution < -0.4 is 10.6 Å². The Morgan fingerprint density at radius 1 is 1.62 bits per heavy atom. The average Bonchev–Trinajstić information content (AvgIpc) is 3.02. The lowest BCUT2D eigenvalue weighted by molar-refractivity contribution is -0.139. The fraction of sp³-hybridized carbons (Fsp3) is 0.615. The summed E-state index contributed by atoms with van der Waals surface area (Å²) in [4.78, 5) is 23.1. The first-order valence-electron chi connectivity index (χ1n) is 6.84. The van der Waals surface area contributed by atoms with Crippen LogP contribution in [0.5, 0.6) is 0 Å². The highest BCUT2D eigenvalue weighted by Crippen LogP contribution is 2.19. The van der Waals surface area contributed by atoms with Gasteiger partial charge < -0.3 is 20.5 Å². The van der Waals surface area contributed by atoms with Gasteiger partial charge in [0.2, 0.25) is 0 Å². The first-order valence-corrected chi connectivity index (χ1v) is 6.84. The van der Waals surface area contributed by atoms with Gasteiger partial charge in [-0.1, -0.05) is 0 Å². The number of amides is 2. The lowest BCUT2D eigenvalue weighted by atomic mass is 10.0. The molecule has 1 aliphatic heterocycles. The molecular formula is C13H20N4O4. The van der Waals surface area contributed by atoms with Gasteiger partial charge in [0.1, 0.15) is 0 Å². The minimum Gasteiger partial charge on any atom is -0.479 e. The van der Waals surface area contributed by atoms with Crippen LogP contribution in [0.1, 0.15) is 24.9 Å². The van der Waals surface area contributed by atoms with E-state index in [0.29, 0.717) is 18.7 Å². The fourth-order valence-corrected chi connectivity index (χ4v) is 2.33. The van der Waals surface area contributed by atoms with Crippen molar-refractivity contribution in [1.29, 1.82) is 0 Å². The molecular weight excluding hydrogens is 276 g/mol. The van der Waals surface area contributed by atoms with E-state index in [2.05, 4.69) is 15.7 Å². The summed E-state index contributed by atoms with van der Waals surface area (Å²) < 4.78 is 6.90. The number of rotatable bonds is 5. The van der Waals surface area contributed by atoms with Crippen LogP contribution in [0.15, 0.2) is 12.4 Å². The Kier molecular flexibility index (Phi) is 4.79. The smallest absolute Gasteiger partial charge is 0.331 e. The average molecular weight is 296 g/mol. The van der Waals surface area contributed by atoms with Gasteiger partial charge in [-0.15, -0.1) is 0 Å². The number of hydrogen-bond acceptors (Lipinski definition) is 4. The van der Waals surface area contributed by atoms with E-state index in [9.17, 15) is 14.7 Å². The van der Waals surface area contributed by atoms with Crippen molar-refractivity contribution in [2.45, 2.75) is 25.5 Å². The summed E-state index contributed by atoms with van der Waals surface area (Å²) in [5.41, 5.74) is 0.428. The maximum absolute atomic E-state index is 11.8. The Balaban J connectivity index is 1.88. The van der Waals surface area contributed by atoms with Crippen molar-refractivity contribution in [2.24, 2.45) is 13.0 Å². The summed E-state index contributed by atoms with van der Waals surface area (Å²) in [7, 11) is 1.68. The predicted octanol–water partition coefficient (Wildman–Crippen LogP) is 0.270. The van der Waals surface area contributed by atoms with Gasteiger partial charge in [0, 0.05) is 37.9 Å². The monoisotopic (exact) mass is 296 g/mol. The summed E-state index contributed by atoms with van der Waals surface area (Å²) in [6, 6.07) is -1.62. The van der Waals surface area contributed by atoms with Crippen LogP contribution in [-0.4, -0.2) is 46.1 Å². The van der Waals surface area contributed by atoms with E-state index in [0.717, 1.165) is 6.42 Å². The van der Waals surface area contributed by atoms with Gasteiger partial charge >= 0.3 is 12.0 Å². The zero-order valence-electron chi connectivity index (χ0n) is 12.1. The Labute approximate surface area is 122 Å². The third-order valence-electron chi connectivity index (χ3n) is 3.64. The van der Waals surface area contributed by atoms with Crippen LogP contribution in [0.3, 0.4) is 0 Å². The van der Waals surface area contributed by atoms with Gasteiger partial charge in [-0.2, -0.15) is 5.10 Å². The fourth-order valence-electron chi connectivity index (χ4n) is 2.33. The van der Waals surface area contributed by atoms with E-state index in [1.807, 2.05) is 6.92 Å². The normalized spacial score (nSPS) is 22.8. The van der Waals surface area contributed by atoms with Crippen LogP contribution in [0, 0.1) is 5.92 Å². The topological polar surface area (TPSA) is 105 Å². The number of urea groups is 1. The standard InChI is InChI=1S/C13H20N4O4/c1-8-9(3-4-21-8)5-14-13(20)16-11(12(18)19)10-6-15-17(2)7-10/h6-9,11H,3-5H2,1-2H3,(H,18,19)(H2,14,16,20). The summed E-state index contributed by atoms with van der Waals surface area (Å²) >= 11 is 0. The minimum atomic E-state index is -1.13. The van der Waals surface area contributed by atoms with Crippen molar-refractivity contribution < 1.29 is 19.4 Å². The van der Waals surface area contributed by atoms with Crippen LogP contribution in [0.2, 0.25) is 0 Å². The molecule has 1 aliphatic rings. The highest BCUT2D eigenvalue weighted by molar-refractivity contribution is 5.83. The second kappa shape index (κ2) is 6.57. The number of carbonyl (C=O) groups is 2.